The molecular formula is C25H27NO2. The lowest BCUT2D eigenvalue weighted by Crippen LogP contribution is -2.12. The first-order valence-electron chi connectivity index (χ1n) is 10.0. The first-order valence-corrected chi connectivity index (χ1v) is 10.0. The van der Waals surface area contributed by atoms with Gasteiger partial charge < -0.3 is 14.8 Å². The third-order valence-corrected chi connectivity index (χ3v) is 5.31. The summed E-state index contributed by atoms with van der Waals surface area (Å²) in [5, 5.41) is 3.50. The summed E-state index contributed by atoms with van der Waals surface area (Å²) in [6.07, 6.45) is 5.11. The van der Waals surface area contributed by atoms with Gasteiger partial charge in [-0.3, -0.25) is 0 Å². The normalized spacial score (nSPS) is 14.0. The average molecular weight is 373 g/mol. The van der Waals surface area contributed by atoms with Gasteiger partial charge in [0.1, 0.15) is 0 Å². The Bertz CT molecular complexity index is 884. The van der Waals surface area contributed by atoms with Crippen molar-refractivity contribution in [2.45, 2.75) is 38.3 Å². The summed E-state index contributed by atoms with van der Waals surface area (Å²) in [5.74, 6) is 1.66. The minimum absolute atomic E-state index is 0.322. The molecule has 0 radical (unpaired) electrons. The van der Waals surface area contributed by atoms with Crippen molar-refractivity contribution in [1.29, 1.82) is 0 Å². The van der Waals surface area contributed by atoms with Gasteiger partial charge in [-0.25, -0.2) is 0 Å². The molecule has 1 N–H and O–H groups in total. The lowest BCUT2D eigenvalue weighted by molar-refractivity contribution is 0.200. The standard InChI is InChI=1S/C25H27NO2/c1-27-24-16-11-19(17-25(24)28-23-9-5-6-10-23)18-26-22-14-12-21(13-15-22)20-7-3-2-4-8-20/h2-4,7-8,11-17,23,26H,5-6,9-10,18H2,1H3. The van der Waals surface area contributed by atoms with Crippen LogP contribution in [0.4, 0.5) is 5.69 Å². The molecule has 0 saturated heterocycles. The van der Waals surface area contributed by atoms with Crippen molar-refractivity contribution in [3.8, 4) is 22.6 Å². The molecule has 28 heavy (non-hydrogen) atoms. The molecule has 144 valence electrons. The van der Waals surface area contributed by atoms with Gasteiger partial charge in [-0.1, -0.05) is 48.5 Å². The molecule has 0 heterocycles. The lowest BCUT2D eigenvalue weighted by atomic mass is 10.1. The molecule has 4 rings (SSSR count). The molecule has 0 unspecified atom stereocenters. The zero-order valence-electron chi connectivity index (χ0n) is 16.4. The van der Waals surface area contributed by atoms with Gasteiger partial charge in [0.15, 0.2) is 11.5 Å². The highest BCUT2D eigenvalue weighted by Crippen LogP contribution is 2.32. The van der Waals surface area contributed by atoms with Gasteiger partial charge in [-0.15, -0.1) is 0 Å². The van der Waals surface area contributed by atoms with Gasteiger partial charge in [0.25, 0.3) is 0 Å². The number of benzene rings is 3. The molecule has 3 heteroatoms. The first-order chi connectivity index (χ1) is 13.8. The maximum Gasteiger partial charge on any atom is 0.161 e. The Labute approximate surface area is 167 Å². The molecule has 0 amide bonds. The summed E-state index contributed by atoms with van der Waals surface area (Å²) in [7, 11) is 1.70. The number of nitrogens with one attached hydrogen (secondary N) is 1. The van der Waals surface area contributed by atoms with E-state index < -0.39 is 0 Å². The highest BCUT2D eigenvalue weighted by molar-refractivity contribution is 5.65. The highest BCUT2D eigenvalue weighted by Gasteiger charge is 2.18. The van der Waals surface area contributed by atoms with Crippen LogP contribution in [0.1, 0.15) is 31.2 Å². The van der Waals surface area contributed by atoms with Crippen LogP contribution < -0.4 is 14.8 Å². The van der Waals surface area contributed by atoms with E-state index in [2.05, 4.69) is 66.0 Å². The fourth-order valence-corrected chi connectivity index (χ4v) is 3.72. The van der Waals surface area contributed by atoms with E-state index in [0.29, 0.717) is 6.10 Å². The molecule has 0 aliphatic heterocycles. The Balaban J connectivity index is 1.41. The van der Waals surface area contributed by atoms with Crippen molar-refractivity contribution in [2.75, 3.05) is 12.4 Å². The molecule has 3 nitrogen and oxygen atoms in total. The SMILES string of the molecule is COc1ccc(CNc2ccc(-c3ccccc3)cc2)cc1OC1CCCC1. The Morgan fingerprint density at radius 3 is 2.25 bits per heavy atom. The Hall–Kier alpha value is -2.94. The van der Waals surface area contributed by atoms with Crippen molar-refractivity contribution in [3.05, 3.63) is 78.4 Å². The van der Waals surface area contributed by atoms with E-state index in [4.69, 9.17) is 9.47 Å². The molecule has 0 atom stereocenters. The van der Waals surface area contributed by atoms with Crippen LogP contribution in [0, 0.1) is 0 Å². The zero-order valence-corrected chi connectivity index (χ0v) is 16.4. The monoisotopic (exact) mass is 373 g/mol. The van der Waals surface area contributed by atoms with Gasteiger partial charge in [-0.2, -0.15) is 0 Å². The second-order valence-corrected chi connectivity index (χ2v) is 7.31. The number of rotatable bonds is 7. The molecule has 1 aliphatic rings. The second kappa shape index (κ2) is 8.83. The second-order valence-electron chi connectivity index (χ2n) is 7.31. The van der Waals surface area contributed by atoms with Gasteiger partial charge in [0.05, 0.1) is 13.2 Å². The summed E-state index contributed by atoms with van der Waals surface area (Å²) in [6.45, 7) is 0.746. The largest absolute Gasteiger partial charge is 0.493 e. The van der Waals surface area contributed by atoms with Gasteiger partial charge in [0, 0.05) is 12.2 Å². The summed E-state index contributed by atoms with van der Waals surface area (Å²) in [5.41, 5.74) is 4.75. The van der Waals surface area contributed by atoms with Crippen LogP contribution in [-0.4, -0.2) is 13.2 Å². The van der Waals surface area contributed by atoms with E-state index in [1.807, 2.05) is 12.1 Å². The molecule has 1 saturated carbocycles. The maximum absolute atomic E-state index is 6.20. The molecule has 1 fully saturated rings. The zero-order chi connectivity index (χ0) is 19.2. The first kappa shape index (κ1) is 18.4. The summed E-state index contributed by atoms with van der Waals surface area (Å²) >= 11 is 0. The van der Waals surface area contributed by atoms with Gasteiger partial charge >= 0.3 is 0 Å². The van der Waals surface area contributed by atoms with Crippen LogP contribution in [0.15, 0.2) is 72.8 Å². The maximum atomic E-state index is 6.20. The average Bonchev–Trinajstić information content (AvgIpc) is 3.26. The number of hydrogen-bond donors (Lipinski definition) is 1. The Morgan fingerprint density at radius 2 is 1.54 bits per heavy atom. The highest BCUT2D eigenvalue weighted by atomic mass is 16.5. The van der Waals surface area contributed by atoms with Crippen LogP contribution in [0.2, 0.25) is 0 Å². The molecule has 0 spiro atoms. The minimum atomic E-state index is 0.322. The summed E-state index contributed by atoms with van der Waals surface area (Å²) in [6, 6.07) is 25.2. The quantitative estimate of drug-likeness (QED) is 0.527. The Morgan fingerprint density at radius 1 is 0.821 bits per heavy atom. The van der Waals surface area contributed by atoms with Crippen molar-refractivity contribution >= 4 is 5.69 Å². The molecule has 0 bridgehead atoms. The van der Waals surface area contributed by atoms with Crippen LogP contribution in [0.25, 0.3) is 11.1 Å². The van der Waals surface area contributed by atoms with E-state index in [-0.39, 0.29) is 0 Å². The smallest absolute Gasteiger partial charge is 0.161 e. The van der Waals surface area contributed by atoms with Gasteiger partial charge in [-0.05, 0) is 66.6 Å². The van der Waals surface area contributed by atoms with Crippen LogP contribution in [0.3, 0.4) is 0 Å². The fourth-order valence-electron chi connectivity index (χ4n) is 3.72. The number of hydrogen-bond acceptors (Lipinski definition) is 3. The number of anilines is 1. The summed E-state index contributed by atoms with van der Waals surface area (Å²) in [4.78, 5) is 0. The van der Waals surface area contributed by atoms with E-state index >= 15 is 0 Å². The van der Waals surface area contributed by atoms with E-state index in [9.17, 15) is 0 Å². The number of methoxy groups -OCH3 is 1. The molecule has 1 aliphatic carbocycles. The topological polar surface area (TPSA) is 30.5 Å². The van der Waals surface area contributed by atoms with Crippen molar-refractivity contribution < 1.29 is 9.47 Å². The van der Waals surface area contributed by atoms with Crippen molar-refractivity contribution in [2.24, 2.45) is 0 Å². The van der Waals surface area contributed by atoms with Crippen molar-refractivity contribution in [3.63, 3.8) is 0 Å². The molecule has 0 aromatic heterocycles. The molecule has 3 aromatic carbocycles. The minimum Gasteiger partial charge on any atom is -0.493 e. The lowest BCUT2D eigenvalue weighted by Gasteiger charge is -2.17. The summed E-state index contributed by atoms with van der Waals surface area (Å²) < 4.78 is 11.7. The van der Waals surface area contributed by atoms with Gasteiger partial charge in [0.2, 0.25) is 0 Å². The third-order valence-electron chi connectivity index (χ3n) is 5.31. The predicted octanol–water partition coefficient (Wildman–Crippen LogP) is 6.30. The predicted molar refractivity (Wildman–Crippen MR) is 115 cm³/mol. The van der Waals surface area contributed by atoms with Crippen molar-refractivity contribution in [1.82, 2.24) is 0 Å². The molecule has 3 aromatic rings. The van der Waals surface area contributed by atoms with Crippen LogP contribution in [0.5, 0.6) is 11.5 Å². The number of ether oxygens (including phenoxy) is 2. The third kappa shape index (κ3) is 4.48. The van der Waals surface area contributed by atoms with E-state index in [1.54, 1.807) is 7.11 Å². The van der Waals surface area contributed by atoms with E-state index in [1.165, 1.54) is 29.5 Å². The van der Waals surface area contributed by atoms with Crippen LogP contribution in [-0.2, 0) is 6.54 Å². The van der Waals surface area contributed by atoms with Crippen LogP contribution >= 0.6 is 0 Å². The fraction of sp³-hybridized carbons (Fsp3) is 0.280. The Kier molecular flexibility index (Phi) is 5.81. The van der Waals surface area contributed by atoms with E-state index in [0.717, 1.165) is 36.6 Å². The molecular weight excluding hydrogens is 346 g/mol.